The Morgan fingerprint density at radius 2 is 1.06 bits per heavy atom. The maximum Gasteiger partial charge on any atom is 0.326 e. The first-order valence-corrected chi connectivity index (χ1v) is 17.5. The molecule has 1 atom stereocenters. The van der Waals surface area contributed by atoms with Gasteiger partial charge in [-0.3, -0.25) is 14.4 Å². The van der Waals surface area contributed by atoms with Crippen LogP contribution in [0.3, 0.4) is 0 Å². The van der Waals surface area contributed by atoms with Gasteiger partial charge in [-0.05, 0) is 32.6 Å². The lowest BCUT2D eigenvalue weighted by atomic mass is 10.0. The van der Waals surface area contributed by atoms with Crippen molar-refractivity contribution in [3.05, 3.63) is 12.3 Å². The first-order valence-electron chi connectivity index (χ1n) is 17.5. The van der Waals surface area contributed by atoms with E-state index in [0.717, 1.165) is 38.5 Å². The highest BCUT2D eigenvalue weighted by molar-refractivity contribution is 5.78. The van der Waals surface area contributed by atoms with Crippen molar-refractivity contribution < 1.29 is 48.3 Å². The molecule has 0 aromatic heterocycles. The van der Waals surface area contributed by atoms with Crippen LogP contribution in [0.5, 0.6) is 0 Å². The Kier molecular flexibility index (Phi) is 31.2. The minimum Gasteiger partial charge on any atom is -0.481 e. The van der Waals surface area contributed by atoms with E-state index in [1.54, 1.807) is 0 Å². The Labute approximate surface area is 281 Å². The Balaban J connectivity index is 3.69. The van der Waals surface area contributed by atoms with Crippen LogP contribution in [-0.4, -0.2) is 106 Å². The lowest BCUT2D eigenvalue weighted by Crippen LogP contribution is -2.37. The van der Waals surface area contributed by atoms with Gasteiger partial charge in [-0.15, -0.1) is 0 Å². The fourth-order valence-corrected chi connectivity index (χ4v) is 4.65. The summed E-state index contributed by atoms with van der Waals surface area (Å²) in [6.45, 7) is 9.35. The van der Waals surface area contributed by atoms with Crippen molar-refractivity contribution in [1.29, 1.82) is 0 Å². The number of hydrogen-bond acceptors (Lipinski definition) is 9. The second-order valence-corrected chi connectivity index (χ2v) is 11.5. The van der Waals surface area contributed by atoms with E-state index < -0.39 is 18.0 Å². The molecule has 0 saturated carbocycles. The number of carbonyl (C=O) groups is 4. The fraction of sp³-hybridized carbons (Fsp3) is 0.824. The first kappa shape index (κ1) is 44.3. The van der Waals surface area contributed by atoms with Gasteiger partial charge in [0, 0.05) is 38.2 Å². The average molecular weight is 674 g/mol. The summed E-state index contributed by atoms with van der Waals surface area (Å²) < 4.78 is 21.1. The number of nitrogens with one attached hydrogen (secondary N) is 3. The van der Waals surface area contributed by atoms with Crippen LogP contribution in [0.1, 0.15) is 110 Å². The topological polar surface area (TPSA) is 182 Å². The van der Waals surface area contributed by atoms with Crippen LogP contribution in [0.15, 0.2) is 12.3 Å². The van der Waals surface area contributed by atoms with Crippen molar-refractivity contribution in [1.82, 2.24) is 16.0 Å². The quantitative estimate of drug-likeness (QED) is 0.0602. The van der Waals surface area contributed by atoms with Gasteiger partial charge in [-0.25, -0.2) is 4.79 Å². The van der Waals surface area contributed by atoms with Gasteiger partial charge in [0.15, 0.2) is 0 Å². The molecule has 47 heavy (non-hydrogen) atoms. The second kappa shape index (κ2) is 33.2. The number of hydrogen-bond donors (Lipinski definition) is 5. The number of aliphatic carboxylic acids is 2. The fourth-order valence-electron chi connectivity index (χ4n) is 4.65. The van der Waals surface area contributed by atoms with E-state index in [2.05, 4.69) is 22.5 Å². The summed E-state index contributed by atoms with van der Waals surface area (Å²) in [4.78, 5) is 46.0. The Bertz CT molecular complexity index is 828. The van der Waals surface area contributed by atoms with E-state index in [-0.39, 0.29) is 64.0 Å². The number of rotatable bonds is 36. The maximum atomic E-state index is 12.2. The molecule has 0 aliphatic carbocycles. The van der Waals surface area contributed by atoms with Crippen LogP contribution >= 0.6 is 0 Å². The molecule has 0 heterocycles. The van der Waals surface area contributed by atoms with Gasteiger partial charge in [0.25, 0.3) is 0 Å². The zero-order chi connectivity index (χ0) is 34.8. The molecule has 0 saturated heterocycles. The van der Waals surface area contributed by atoms with Crippen molar-refractivity contribution in [2.45, 2.75) is 116 Å². The van der Waals surface area contributed by atoms with Gasteiger partial charge in [0.05, 0.1) is 39.6 Å². The summed E-state index contributed by atoms with van der Waals surface area (Å²) >= 11 is 0. The monoisotopic (exact) mass is 673 g/mol. The molecular weight excluding hydrogens is 610 g/mol. The maximum absolute atomic E-state index is 12.2. The summed E-state index contributed by atoms with van der Waals surface area (Å²) in [5.41, 5.74) is 0.677. The molecule has 0 fully saturated rings. The van der Waals surface area contributed by atoms with Gasteiger partial charge in [-0.1, -0.05) is 70.8 Å². The van der Waals surface area contributed by atoms with Crippen LogP contribution < -0.4 is 16.0 Å². The zero-order valence-corrected chi connectivity index (χ0v) is 28.8. The highest BCUT2D eigenvalue weighted by Gasteiger charge is 2.19. The second-order valence-electron chi connectivity index (χ2n) is 11.5. The van der Waals surface area contributed by atoms with Crippen LogP contribution in [0.2, 0.25) is 0 Å². The molecule has 0 radical (unpaired) electrons. The molecule has 0 aromatic rings. The third-order valence-electron chi connectivity index (χ3n) is 7.27. The molecule has 5 N–H and O–H groups in total. The van der Waals surface area contributed by atoms with E-state index in [9.17, 15) is 24.3 Å². The molecule has 13 nitrogen and oxygen atoms in total. The zero-order valence-electron chi connectivity index (χ0n) is 28.8. The van der Waals surface area contributed by atoms with Crippen molar-refractivity contribution in [2.75, 3.05) is 65.9 Å². The number of unbranched alkanes of at least 4 members (excludes halogenated alkanes) is 11. The molecule has 0 spiro atoms. The van der Waals surface area contributed by atoms with Gasteiger partial charge >= 0.3 is 11.9 Å². The standard InChI is InChI=1S/C34H63N3O10/c1-3-44-24-25-45-23-21-36-32(39)28-47-27-26-46-22-20-35-31(38)19-18-30(34(42)43)37-29(2)16-14-12-10-8-6-4-5-7-9-11-13-15-17-33(40)41/h30,37H,2-28H2,1H3,(H,35,38)(H,36,39)(H,40,41)(H,42,43). The summed E-state index contributed by atoms with van der Waals surface area (Å²) in [5, 5.41) is 26.6. The third-order valence-corrected chi connectivity index (χ3v) is 7.27. The molecule has 2 amide bonds. The number of ether oxygens (including phenoxy) is 4. The molecule has 1 unspecified atom stereocenters. The lowest BCUT2D eigenvalue weighted by Gasteiger charge is -2.17. The Morgan fingerprint density at radius 1 is 0.596 bits per heavy atom. The van der Waals surface area contributed by atoms with Gasteiger partial charge in [0.1, 0.15) is 12.6 Å². The number of carbonyl (C=O) groups excluding carboxylic acids is 2. The van der Waals surface area contributed by atoms with Gasteiger partial charge < -0.3 is 45.1 Å². The van der Waals surface area contributed by atoms with Gasteiger partial charge in [-0.2, -0.15) is 0 Å². The van der Waals surface area contributed by atoms with E-state index in [4.69, 9.17) is 24.1 Å². The predicted octanol–water partition coefficient (Wildman–Crippen LogP) is 4.19. The van der Waals surface area contributed by atoms with Crippen LogP contribution in [-0.2, 0) is 38.1 Å². The summed E-state index contributed by atoms with van der Waals surface area (Å²) in [6, 6.07) is -0.871. The smallest absolute Gasteiger partial charge is 0.326 e. The molecule has 0 aliphatic heterocycles. The predicted molar refractivity (Wildman–Crippen MR) is 180 cm³/mol. The van der Waals surface area contributed by atoms with Crippen molar-refractivity contribution in [2.24, 2.45) is 0 Å². The molecule has 274 valence electrons. The van der Waals surface area contributed by atoms with Crippen LogP contribution in [0.4, 0.5) is 0 Å². The van der Waals surface area contributed by atoms with E-state index in [0.29, 0.717) is 45.1 Å². The van der Waals surface area contributed by atoms with Gasteiger partial charge in [0.2, 0.25) is 11.8 Å². The molecule has 0 bridgehead atoms. The molecule has 0 aromatic carbocycles. The van der Waals surface area contributed by atoms with Crippen molar-refractivity contribution in [3.63, 3.8) is 0 Å². The largest absolute Gasteiger partial charge is 0.481 e. The van der Waals surface area contributed by atoms with Crippen molar-refractivity contribution in [3.8, 4) is 0 Å². The van der Waals surface area contributed by atoms with Crippen molar-refractivity contribution >= 4 is 23.8 Å². The highest BCUT2D eigenvalue weighted by Crippen LogP contribution is 2.14. The molecular formula is C34H63N3O10. The lowest BCUT2D eigenvalue weighted by molar-refractivity contribution is -0.140. The Morgan fingerprint density at radius 3 is 1.57 bits per heavy atom. The van der Waals surface area contributed by atoms with Crippen LogP contribution in [0, 0.1) is 0 Å². The summed E-state index contributed by atoms with van der Waals surface area (Å²) in [6.07, 6.45) is 14.5. The van der Waals surface area contributed by atoms with Crippen LogP contribution in [0.25, 0.3) is 0 Å². The minimum absolute atomic E-state index is 0.0672. The number of amides is 2. The molecule has 0 aliphatic rings. The summed E-state index contributed by atoms with van der Waals surface area (Å²) in [7, 11) is 0. The molecule has 0 rings (SSSR count). The summed E-state index contributed by atoms with van der Waals surface area (Å²) in [5.74, 6) is -2.21. The third kappa shape index (κ3) is 33.0. The number of carboxylic acids is 2. The number of carboxylic acid groups (broad SMARTS) is 2. The number of allylic oxidation sites excluding steroid dienone is 1. The van der Waals surface area contributed by atoms with E-state index >= 15 is 0 Å². The van der Waals surface area contributed by atoms with E-state index in [1.165, 1.54) is 38.5 Å². The van der Waals surface area contributed by atoms with E-state index in [1.807, 2.05) is 6.92 Å². The SMILES string of the molecule is C=C(CCCCCCCCCCCCCCC(=O)O)NC(CCC(=O)NCCOCCOCC(=O)NCCOCCOCC)C(=O)O. The molecule has 13 heteroatoms. The average Bonchev–Trinajstić information content (AvgIpc) is 3.03. The normalized spacial score (nSPS) is 11.6. The first-order chi connectivity index (χ1) is 22.8. The minimum atomic E-state index is -1.01. The highest BCUT2D eigenvalue weighted by atomic mass is 16.5. The Hall–Kier alpha value is -2.74.